The van der Waals surface area contributed by atoms with Gasteiger partial charge in [-0.2, -0.15) is 0 Å². The van der Waals surface area contributed by atoms with Crippen LogP contribution in [0, 0.1) is 6.92 Å². The van der Waals surface area contributed by atoms with Gasteiger partial charge in [-0.1, -0.05) is 111 Å². The van der Waals surface area contributed by atoms with Gasteiger partial charge < -0.3 is 14.3 Å². The van der Waals surface area contributed by atoms with E-state index in [9.17, 15) is 0 Å². The number of furan rings is 1. The predicted octanol–water partition coefficient (Wildman–Crippen LogP) is 10.3. The van der Waals surface area contributed by atoms with E-state index in [1.54, 1.807) is 0 Å². The largest absolute Gasteiger partial charge is 0.469 e. The van der Waals surface area contributed by atoms with Gasteiger partial charge in [-0.15, -0.1) is 0 Å². The molecule has 0 aliphatic carbocycles. The van der Waals surface area contributed by atoms with Gasteiger partial charge in [0.05, 0.1) is 16.9 Å². The highest BCUT2D eigenvalue weighted by molar-refractivity contribution is 6.73. The lowest BCUT2D eigenvalue weighted by atomic mass is 9.62. The van der Waals surface area contributed by atoms with Crippen molar-refractivity contribution in [1.82, 2.24) is 4.57 Å². The molecule has 4 heteroatoms. The number of aryl methyl sites for hydroxylation is 2. The zero-order valence-electron chi connectivity index (χ0n) is 27.5. The molecule has 1 aliphatic rings. The van der Waals surface area contributed by atoms with Gasteiger partial charge in [0.1, 0.15) is 5.58 Å². The zero-order valence-corrected chi connectivity index (χ0v) is 27.5. The Hall–Kier alpha value is -5.48. The highest BCUT2D eigenvalue weighted by Gasteiger charge is 2.31. The molecule has 0 fully saturated rings. The maximum Gasteiger partial charge on any atom is 0.244 e. The molecule has 0 atom stereocenters. The van der Waals surface area contributed by atoms with Crippen LogP contribution in [0.3, 0.4) is 0 Å². The second kappa shape index (κ2) is 11.6. The molecule has 0 saturated carbocycles. The van der Waals surface area contributed by atoms with Crippen LogP contribution in [0.5, 0.6) is 0 Å². The summed E-state index contributed by atoms with van der Waals surface area (Å²) in [6, 6.07) is 46.2. The highest BCUT2D eigenvalue weighted by atomic mass is 16.3. The van der Waals surface area contributed by atoms with E-state index in [1.165, 1.54) is 85.6 Å². The van der Waals surface area contributed by atoms with E-state index in [0.717, 1.165) is 41.7 Å². The van der Waals surface area contributed by atoms with Gasteiger partial charge in [0.15, 0.2) is 0 Å². The number of aromatic nitrogens is 1. The van der Waals surface area contributed by atoms with E-state index >= 15 is 0 Å². The summed E-state index contributed by atoms with van der Waals surface area (Å²) < 4.78 is 9.23. The van der Waals surface area contributed by atoms with Gasteiger partial charge in [0, 0.05) is 38.6 Å². The Kier molecular flexibility index (Phi) is 6.97. The summed E-state index contributed by atoms with van der Waals surface area (Å²) in [5.41, 5.74) is 16.7. The SMILES string of the molecule is CCCCCc1ccc(Nc2ccccc2-c2cc(C)c3c4ccccc4n4c3c2Bc2oc3ccc(-c5ccccc5)cc3c2-4)cc1. The molecule has 1 N–H and O–H groups in total. The summed E-state index contributed by atoms with van der Waals surface area (Å²) in [7, 11) is 0.730. The normalized spacial score (nSPS) is 12.0. The van der Waals surface area contributed by atoms with Crippen molar-refractivity contribution >= 4 is 62.6 Å². The van der Waals surface area contributed by atoms with Crippen LogP contribution in [0.1, 0.15) is 37.3 Å². The molecule has 1 aliphatic heterocycles. The van der Waals surface area contributed by atoms with Crippen molar-refractivity contribution < 1.29 is 4.42 Å². The summed E-state index contributed by atoms with van der Waals surface area (Å²) in [4.78, 5) is 0. The number of unbranched alkanes of at least 4 members (excludes halogenated alkanes) is 2. The first-order chi connectivity index (χ1) is 23.7. The molecule has 3 heterocycles. The lowest BCUT2D eigenvalue weighted by molar-refractivity contribution is 0.650. The molecule has 0 radical (unpaired) electrons. The van der Waals surface area contributed by atoms with Crippen molar-refractivity contribution in [2.24, 2.45) is 0 Å². The third-order valence-electron chi connectivity index (χ3n) is 10.2. The average Bonchev–Trinajstić information content (AvgIpc) is 3.67. The van der Waals surface area contributed by atoms with Crippen molar-refractivity contribution in [1.29, 1.82) is 0 Å². The number of nitrogens with zero attached hydrogens (tertiary/aromatic N) is 1. The molecule has 0 unspecified atom stereocenters. The molecule has 9 rings (SSSR count). The maximum atomic E-state index is 6.74. The van der Waals surface area contributed by atoms with E-state index in [0.29, 0.717) is 0 Å². The lowest BCUT2D eigenvalue weighted by Gasteiger charge is -2.22. The van der Waals surface area contributed by atoms with Crippen molar-refractivity contribution in [3.8, 4) is 27.9 Å². The fraction of sp³-hybridized carbons (Fsp3) is 0.136. The molecule has 0 bridgehead atoms. The Bertz CT molecular complexity index is 2470. The van der Waals surface area contributed by atoms with Crippen molar-refractivity contribution in [3.63, 3.8) is 0 Å². The van der Waals surface area contributed by atoms with E-state index in [4.69, 9.17) is 4.42 Å². The Morgan fingerprint density at radius 1 is 0.708 bits per heavy atom. The van der Waals surface area contributed by atoms with E-state index in [1.807, 2.05) is 0 Å². The van der Waals surface area contributed by atoms with Crippen LogP contribution in [0.15, 0.2) is 132 Å². The zero-order chi connectivity index (χ0) is 32.2. The first-order valence-electron chi connectivity index (χ1n) is 17.3. The van der Waals surface area contributed by atoms with Crippen LogP contribution in [0.25, 0.3) is 60.7 Å². The number of fused-ring (bicyclic) bond motifs is 7. The standard InChI is InChI=1S/C44H37BN2O/c1-3-4-6-13-29-20-23-32(24-21-29)46-37-18-11-9-16-33(37)35-26-28(2)40-34-17-10-12-19-38(34)47-42-36-27-31(30-14-7-5-8-15-30)22-25-39(36)48-44(42)45-41(35)43(40)47/h5,7-12,14-27,45-46H,3-4,6,13H2,1-2H3. The van der Waals surface area contributed by atoms with E-state index < -0.39 is 0 Å². The first kappa shape index (κ1) is 28.7. The van der Waals surface area contributed by atoms with Gasteiger partial charge in [-0.05, 0) is 89.4 Å². The van der Waals surface area contributed by atoms with Gasteiger partial charge >= 0.3 is 0 Å². The molecule has 232 valence electrons. The molecule has 0 saturated heterocycles. The molecule has 0 amide bonds. The average molecular weight is 621 g/mol. The molecule has 6 aromatic carbocycles. The van der Waals surface area contributed by atoms with Crippen LogP contribution < -0.4 is 16.4 Å². The Labute approximate surface area is 282 Å². The third kappa shape index (κ3) is 4.66. The Morgan fingerprint density at radius 3 is 2.35 bits per heavy atom. The minimum Gasteiger partial charge on any atom is -0.469 e. The fourth-order valence-electron chi connectivity index (χ4n) is 7.87. The van der Waals surface area contributed by atoms with Gasteiger partial charge in [0.2, 0.25) is 7.28 Å². The van der Waals surface area contributed by atoms with Gasteiger partial charge in [-0.25, -0.2) is 0 Å². The summed E-state index contributed by atoms with van der Waals surface area (Å²) >= 11 is 0. The number of rotatable bonds is 8. The topological polar surface area (TPSA) is 30.1 Å². The van der Waals surface area contributed by atoms with Crippen molar-refractivity contribution in [2.45, 2.75) is 39.5 Å². The van der Waals surface area contributed by atoms with Crippen LogP contribution in [-0.2, 0) is 6.42 Å². The number of benzene rings is 6. The van der Waals surface area contributed by atoms with Crippen molar-refractivity contribution in [3.05, 3.63) is 139 Å². The van der Waals surface area contributed by atoms with E-state index in [-0.39, 0.29) is 0 Å². The van der Waals surface area contributed by atoms with Crippen molar-refractivity contribution in [2.75, 3.05) is 5.32 Å². The number of hydrogen-bond donors (Lipinski definition) is 1. The lowest BCUT2D eigenvalue weighted by Crippen LogP contribution is -2.36. The molecule has 8 aromatic rings. The summed E-state index contributed by atoms with van der Waals surface area (Å²) in [5.74, 6) is 0. The maximum absolute atomic E-state index is 6.74. The number of para-hydroxylation sites is 2. The van der Waals surface area contributed by atoms with Crippen LogP contribution >= 0.6 is 0 Å². The summed E-state index contributed by atoms with van der Waals surface area (Å²) in [6.45, 7) is 4.53. The smallest absolute Gasteiger partial charge is 0.244 e. The molecule has 0 spiro atoms. The fourth-order valence-corrected chi connectivity index (χ4v) is 7.87. The number of nitrogens with one attached hydrogen (secondary N) is 1. The first-order valence-corrected chi connectivity index (χ1v) is 17.3. The Morgan fingerprint density at radius 2 is 1.50 bits per heavy atom. The summed E-state index contributed by atoms with van der Waals surface area (Å²) in [6.07, 6.45) is 4.91. The molecule has 48 heavy (non-hydrogen) atoms. The third-order valence-corrected chi connectivity index (χ3v) is 10.2. The number of anilines is 2. The second-order valence-corrected chi connectivity index (χ2v) is 13.2. The van der Waals surface area contributed by atoms with Crippen LogP contribution in [0.4, 0.5) is 11.4 Å². The monoisotopic (exact) mass is 620 g/mol. The highest BCUT2D eigenvalue weighted by Crippen LogP contribution is 2.41. The second-order valence-electron chi connectivity index (χ2n) is 13.2. The van der Waals surface area contributed by atoms with Crippen LogP contribution in [-0.4, -0.2) is 11.8 Å². The van der Waals surface area contributed by atoms with E-state index in [2.05, 4.69) is 151 Å². The Balaban J connectivity index is 1.22. The van der Waals surface area contributed by atoms with Crippen LogP contribution in [0.2, 0.25) is 0 Å². The van der Waals surface area contributed by atoms with Gasteiger partial charge in [-0.3, -0.25) is 0 Å². The predicted molar refractivity (Wildman–Crippen MR) is 206 cm³/mol. The molecular formula is C44H37BN2O. The molecular weight excluding hydrogens is 583 g/mol. The summed E-state index contributed by atoms with van der Waals surface area (Å²) in [5, 5.41) is 7.54. The minimum atomic E-state index is 0.730. The van der Waals surface area contributed by atoms with Gasteiger partial charge in [0.25, 0.3) is 0 Å². The molecule has 2 aromatic heterocycles. The quantitative estimate of drug-likeness (QED) is 0.135. The molecule has 3 nitrogen and oxygen atoms in total. The minimum absolute atomic E-state index is 0.730. The number of hydrogen-bond acceptors (Lipinski definition) is 2.